The molecule has 0 aromatic carbocycles. The van der Waals surface area contributed by atoms with E-state index in [2.05, 4.69) is 15.0 Å². The number of hydrogen-bond acceptors (Lipinski definition) is 4. The fraction of sp³-hybridized carbons (Fsp3) is 0.444. The molecule has 0 saturated heterocycles. The summed E-state index contributed by atoms with van der Waals surface area (Å²) in [7, 11) is -1.41. The number of aromatic nitrogens is 1. The third-order valence-electron chi connectivity index (χ3n) is 1.86. The molecule has 2 N–H and O–H groups in total. The average Bonchev–Trinajstić information content (AvgIpc) is 2.14. The van der Waals surface area contributed by atoms with Crippen LogP contribution in [0.4, 0.5) is 5.82 Å². The zero-order valence-electron chi connectivity index (χ0n) is 9.03. The van der Waals surface area contributed by atoms with Crippen molar-refractivity contribution in [1.29, 1.82) is 0 Å². The van der Waals surface area contributed by atoms with Gasteiger partial charge < -0.3 is 5.32 Å². The van der Waals surface area contributed by atoms with Crippen LogP contribution in [0, 0.1) is 6.92 Å². The lowest BCUT2D eigenvalue weighted by atomic mass is 10.2. The normalized spacial score (nSPS) is 11.4. The minimum Gasteiger partial charge on any atom is -0.373 e. The van der Waals surface area contributed by atoms with Crippen LogP contribution in [0.3, 0.4) is 0 Å². The second-order valence-corrected chi connectivity index (χ2v) is 5.20. The van der Waals surface area contributed by atoms with Crippen molar-refractivity contribution in [3.63, 3.8) is 0 Å². The van der Waals surface area contributed by atoms with E-state index < -0.39 is 10.0 Å². The molecule has 1 aromatic heterocycles. The largest absolute Gasteiger partial charge is 0.373 e. The molecule has 0 bridgehead atoms. The van der Waals surface area contributed by atoms with Gasteiger partial charge in [-0.3, -0.25) is 0 Å². The van der Waals surface area contributed by atoms with Gasteiger partial charge in [-0.15, -0.1) is 0 Å². The molecule has 1 rings (SSSR count). The first kappa shape index (κ1) is 11.9. The summed E-state index contributed by atoms with van der Waals surface area (Å²) >= 11 is 0. The lowest BCUT2D eigenvalue weighted by Crippen LogP contribution is -2.22. The molecule has 84 valence electrons. The van der Waals surface area contributed by atoms with Crippen LogP contribution in [0.15, 0.2) is 12.3 Å². The van der Waals surface area contributed by atoms with E-state index in [1.807, 2.05) is 13.0 Å². The quantitative estimate of drug-likeness (QED) is 0.788. The molecule has 1 aromatic rings. The minimum atomic E-state index is -3.17. The van der Waals surface area contributed by atoms with Gasteiger partial charge in [-0.2, -0.15) is 0 Å². The molecule has 0 aliphatic rings. The second-order valence-electron chi connectivity index (χ2n) is 3.36. The van der Waals surface area contributed by atoms with Crippen LogP contribution in [-0.4, -0.2) is 26.7 Å². The Kier molecular flexibility index (Phi) is 3.65. The van der Waals surface area contributed by atoms with Crippen molar-refractivity contribution in [1.82, 2.24) is 9.71 Å². The van der Waals surface area contributed by atoms with Crippen LogP contribution < -0.4 is 10.0 Å². The Balaban J connectivity index is 2.88. The standard InChI is InChI=1S/C9H15N3O2S/c1-7-4-8(6-12-15(3,13)14)9(10-2)11-5-7/h4-5,12H,6H2,1-3H3,(H,10,11). The number of nitrogens with one attached hydrogen (secondary N) is 2. The molecule has 0 aliphatic heterocycles. The fourth-order valence-corrected chi connectivity index (χ4v) is 1.62. The number of hydrogen-bond donors (Lipinski definition) is 2. The smallest absolute Gasteiger partial charge is 0.209 e. The van der Waals surface area contributed by atoms with E-state index in [9.17, 15) is 8.42 Å². The van der Waals surface area contributed by atoms with Crippen molar-refractivity contribution in [3.05, 3.63) is 23.4 Å². The summed E-state index contributed by atoms with van der Waals surface area (Å²) in [5, 5.41) is 2.91. The first-order valence-electron chi connectivity index (χ1n) is 4.50. The summed E-state index contributed by atoms with van der Waals surface area (Å²) in [5.74, 6) is 0.691. The molecule has 5 nitrogen and oxygen atoms in total. The van der Waals surface area contributed by atoms with Gasteiger partial charge in [0.15, 0.2) is 0 Å². The Bertz CT molecular complexity index is 443. The number of rotatable bonds is 4. The fourth-order valence-electron chi connectivity index (χ4n) is 1.20. The van der Waals surface area contributed by atoms with E-state index in [1.54, 1.807) is 13.2 Å². The number of anilines is 1. The molecule has 0 amide bonds. The van der Waals surface area contributed by atoms with Crippen LogP contribution in [-0.2, 0) is 16.6 Å². The minimum absolute atomic E-state index is 0.254. The summed E-state index contributed by atoms with van der Waals surface area (Å²) in [6, 6.07) is 1.90. The van der Waals surface area contributed by atoms with Crippen molar-refractivity contribution < 1.29 is 8.42 Å². The van der Waals surface area contributed by atoms with Gasteiger partial charge >= 0.3 is 0 Å². The maximum atomic E-state index is 10.9. The Morgan fingerprint density at radius 2 is 2.13 bits per heavy atom. The van der Waals surface area contributed by atoms with Gasteiger partial charge in [-0.1, -0.05) is 0 Å². The van der Waals surface area contributed by atoms with Gasteiger partial charge in [-0.25, -0.2) is 18.1 Å². The number of nitrogens with zero attached hydrogens (tertiary/aromatic N) is 1. The molecular weight excluding hydrogens is 214 g/mol. The highest BCUT2D eigenvalue weighted by Gasteiger charge is 2.06. The van der Waals surface area contributed by atoms with Crippen molar-refractivity contribution >= 4 is 15.8 Å². The van der Waals surface area contributed by atoms with Gasteiger partial charge in [0.1, 0.15) is 5.82 Å². The van der Waals surface area contributed by atoms with Gasteiger partial charge in [0.2, 0.25) is 10.0 Å². The summed E-state index contributed by atoms with van der Waals surface area (Å²) in [4.78, 5) is 4.15. The zero-order chi connectivity index (χ0) is 11.5. The van der Waals surface area contributed by atoms with E-state index in [1.165, 1.54) is 0 Å². The lowest BCUT2D eigenvalue weighted by molar-refractivity contribution is 0.587. The predicted molar refractivity (Wildman–Crippen MR) is 60.2 cm³/mol. The second kappa shape index (κ2) is 4.59. The Morgan fingerprint density at radius 3 is 2.67 bits per heavy atom. The average molecular weight is 229 g/mol. The van der Waals surface area contributed by atoms with Gasteiger partial charge in [0.05, 0.1) is 6.26 Å². The SMILES string of the molecule is CNc1ncc(C)cc1CNS(C)(=O)=O. The van der Waals surface area contributed by atoms with E-state index in [4.69, 9.17) is 0 Å². The summed E-state index contributed by atoms with van der Waals surface area (Å²) < 4.78 is 24.3. The molecular formula is C9H15N3O2S. The van der Waals surface area contributed by atoms with Crippen LogP contribution in [0.25, 0.3) is 0 Å². The number of sulfonamides is 1. The Labute approximate surface area is 90.0 Å². The van der Waals surface area contributed by atoms with E-state index in [0.29, 0.717) is 5.82 Å². The maximum absolute atomic E-state index is 10.9. The molecule has 0 aliphatic carbocycles. The molecule has 0 saturated carbocycles. The molecule has 0 spiro atoms. The van der Waals surface area contributed by atoms with E-state index in [-0.39, 0.29) is 6.54 Å². The van der Waals surface area contributed by atoms with Crippen molar-refractivity contribution in [2.24, 2.45) is 0 Å². The molecule has 1 heterocycles. The van der Waals surface area contributed by atoms with E-state index in [0.717, 1.165) is 17.4 Å². The van der Waals surface area contributed by atoms with Gasteiger partial charge in [-0.05, 0) is 18.6 Å². The van der Waals surface area contributed by atoms with Gasteiger partial charge in [0.25, 0.3) is 0 Å². The Morgan fingerprint density at radius 1 is 1.47 bits per heavy atom. The summed E-state index contributed by atoms with van der Waals surface area (Å²) in [6.45, 7) is 2.17. The van der Waals surface area contributed by atoms with Crippen molar-refractivity contribution in [3.8, 4) is 0 Å². The Hall–Kier alpha value is -1.14. The third kappa shape index (κ3) is 3.85. The third-order valence-corrected chi connectivity index (χ3v) is 2.53. The first-order valence-corrected chi connectivity index (χ1v) is 6.39. The van der Waals surface area contributed by atoms with E-state index >= 15 is 0 Å². The van der Waals surface area contributed by atoms with Crippen LogP contribution >= 0.6 is 0 Å². The summed E-state index contributed by atoms with van der Waals surface area (Å²) in [6.07, 6.45) is 2.87. The summed E-state index contributed by atoms with van der Waals surface area (Å²) in [5.41, 5.74) is 1.84. The first-order chi connectivity index (χ1) is 6.92. The van der Waals surface area contributed by atoms with Crippen LogP contribution in [0.5, 0.6) is 0 Å². The van der Waals surface area contributed by atoms with Crippen molar-refractivity contribution in [2.45, 2.75) is 13.5 Å². The molecule has 0 atom stereocenters. The molecule has 0 fully saturated rings. The highest BCUT2D eigenvalue weighted by molar-refractivity contribution is 7.88. The zero-order valence-corrected chi connectivity index (χ0v) is 9.85. The number of aryl methyl sites for hydroxylation is 1. The highest BCUT2D eigenvalue weighted by Crippen LogP contribution is 2.12. The molecule has 0 unspecified atom stereocenters. The van der Waals surface area contributed by atoms with Crippen molar-refractivity contribution in [2.75, 3.05) is 18.6 Å². The molecule has 6 heteroatoms. The highest BCUT2D eigenvalue weighted by atomic mass is 32.2. The van der Waals surface area contributed by atoms with Crippen LogP contribution in [0.1, 0.15) is 11.1 Å². The predicted octanol–water partition coefficient (Wildman–Crippen LogP) is 0.481. The van der Waals surface area contributed by atoms with Gasteiger partial charge in [0, 0.05) is 25.4 Å². The lowest BCUT2D eigenvalue weighted by Gasteiger charge is -2.09. The molecule has 0 radical (unpaired) electrons. The number of pyridine rings is 1. The van der Waals surface area contributed by atoms with Crippen LogP contribution in [0.2, 0.25) is 0 Å². The monoisotopic (exact) mass is 229 g/mol. The topological polar surface area (TPSA) is 71.1 Å². The maximum Gasteiger partial charge on any atom is 0.209 e. The molecule has 15 heavy (non-hydrogen) atoms.